The van der Waals surface area contributed by atoms with E-state index in [2.05, 4.69) is 9.80 Å². The number of unbranched alkanes of at least 4 members (excludes halogenated alkanes) is 1. The van der Waals surface area contributed by atoms with Crippen LogP contribution in [-0.2, 0) is 20.5 Å². The molecule has 2 aromatic rings. The van der Waals surface area contributed by atoms with Crippen LogP contribution in [-0.4, -0.2) is 66.8 Å². The molecule has 2 aromatic carbocycles. The van der Waals surface area contributed by atoms with Gasteiger partial charge in [0.1, 0.15) is 5.54 Å². The van der Waals surface area contributed by atoms with E-state index in [9.17, 15) is 22.8 Å². The number of nitrogens with zero attached hydrogens (tertiary/aromatic N) is 5. The summed E-state index contributed by atoms with van der Waals surface area (Å²) in [5.74, 6) is -0.612. The Hall–Kier alpha value is -3.69. The lowest BCUT2D eigenvalue weighted by molar-refractivity contribution is -0.143. The predicted molar refractivity (Wildman–Crippen MR) is 158 cm³/mol. The number of carbonyl (C=O) groups is 2. The van der Waals surface area contributed by atoms with Crippen LogP contribution in [0.25, 0.3) is 0 Å². The number of piperazine rings is 1. The molecule has 0 unspecified atom stereocenters. The number of rotatable bonds is 9. The van der Waals surface area contributed by atoms with Gasteiger partial charge in [-0.2, -0.15) is 18.4 Å². The summed E-state index contributed by atoms with van der Waals surface area (Å²) in [4.78, 5) is 32.4. The Labute approximate surface area is 249 Å². The van der Waals surface area contributed by atoms with E-state index in [-0.39, 0.29) is 16.8 Å². The van der Waals surface area contributed by atoms with Gasteiger partial charge in [0.2, 0.25) is 0 Å². The molecule has 0 aliphatic carbocycles. The summed E-state index contributed by atoms with van der Waals surface area (Å²) in [5, 5.41) is 9.20. The van der Waals surface area contributed by atoms with Gasteiger partial charge in [0, 0.05) is 44.0 Å². The summed E-state index contributed by atoms with van der Waals surface area (Å²) in [7, 11) is 0. The third-order valence-corrected chi connectivity index (χ3v) is 7.98. The first kappa shape index (κ1) is 31.3. The van der Waals surface area contributed by atoms with Crippen LogP contribution in [0.1, 0.15) is 51.2 Å². The lowest BCUT2D eigenvalue weighted by Crippen LogP contribution is -2.46. The average molecular weight is 602 g/mol. The van der Waals surface area contributed by atoms with Crippen molar-refractivity contribution in [1.29, 1.82) is 5.26 Å². The van der Waals surface area contributed by atoms with Crippen LogP contribution >= 0.6 is 12.2 Å². The van der Waals surface area contributed by atoms with Crippen LogP contribution < -0.4 is 14.7 Å². The quantitative estimate of drug-likeness (QED) is 0.216. The van der Waals surface area contributed by atoms with Gasteiger partial charge >= 0.3 is 12.1 Å². The van der Waals surface area contributed by atoms with E-state index in [0.717, 1.165) is 68.3 Å². The molecule has 2 heterocycles. The van der Waals surface area contributed by atoms with Gasteiger partial charge in [-0.3, -0.25) is 19.4 Å². The van der Waals surface area contributed by atoms with Gasteiger partial charge in [-0.1, -0.05) is 0 Å². The fourth-order valence-corrected chi connectivity index (χ4v) is 5.86. The Morgan fingerprint density at radius 3 is 2.24 bits per heavy atom. The van der Waals surface area contributed by atoms with E-state index in [4.69, 9.17) is 22.2 Å². The van der Waals surface area contributed by atoms with Gasteiger partial charge in [-0.15, -0.1) is 0 Å². The zero-order valence-electron chi connectivity index (χ0n) is 23.9. The Morgan fingerprint density at radius 1 is 1.02 bits per heavy atom. The number of amides is 1. The number of nitriles is 1. The maximum atomic E-state index is 13.6. The molecule has 0 atom stereocenters. The fraction of sp³-hybridized carbons (Fsp3) is 0.467. The van der Waals surface area contributed by atoms with Gasteiger partial charge in [0.15, 0.2) is 5.11 Å². The van der Waals surface area contributed by atoms with Crippen molar-refractivity contribution in [1.82, 2.24) is 4.90 Å². The Kier molecular flexibility index (Phi) is 9.43. The molecule has 12 heteroatoms. The molecule has 0 saturated carbocycles. The van der Waals surface area contributed by atoms with Crippen LogP contribution in [0.5, 0.6) is 0 Å². The van der Waals surface area contributed by atoms with Crippen LogP contribution in [0.2, 0.25) is 0 Å². The molecule has 8 nitrogen and oxygen atoms in total. The van der Waals surface area contributed by atoms with Crippen molar-refractivity contribution >= 4 is 46.3 Å². The Bertz CT molecular complexity index is 1370. The number of benzene rings is 2. The minimum Gasteiger partial charge on any atom is -0.466 e. The third-order valence-electron chi connectivity index (χ3n) is 7.61. The number of alkyl halides is 3. The van der Waals surface area contributed by atoms with Gasteiger partial charge in [-0.25, -0.2) is 0 Å². The van der Waals surface area contributed by atoms with Gasteiger partial charge in [0.25, 0.3) is 5.91 Å². The second kappa shape index (κ2) is 12.7. The number of thiocarbonyl (C=S) groups is 1. The van der Waals surface area contributed by atoms with E-state index in [0.29, 0.717) is 18.7 Å². The summed E-state index contributed by atoms with van der Waals surface area (Å²) in [6.45, 7) is 9.99. The third kappa shape index (κ3) is 6.52. The van der Waals surface area contributed by atoms with Gasteiger partial charge < -0.3 is 14.5 Å². The van der Waals surface area contributed by atoms with Crippen LogP contribution in [0.3, 0.4) is 0 Å². The molecule has 1 amide bonds. The smallest absolute Gasteiger partial charge is 0.417 e. The highest BCUT2D eigenvalue weighted by Crippen LogP contribution is 2.40. The first-order valence-electron chi connectivity index (χ1n) is 13.9. The number of carbonyl (C=O) groups excluding carboxylic acids is 2. The van der Waals surface area contributed by atoms with Crippen molar-refractivity contribution < 1.29 is 27.5 Å². The molecule has 2 fully saturated rings. The summed E-state index contributed by atoms with van der Waals surface area (Å²) in [6, 6.07) is 12.4. The summed E-state index contributed by atoms with van der Waals surface area (Å²) in [6.07, 6.45) is -2.56. The standard InChI is InChI=1S/C30H34F3N5O3S/c1-4-41-26(39)7-5-6-14-35-15-17-36(18-16-35)22-10-12-23(13-11-22)38-28(42)37(27(40)29(38,2)3)24-9-8-21(20-34)25(19-24)30(31,32)33/h8-13,19H,4-7,14-18H2,1-3H3. The van der Waals surface area contributed by atoms with E-state index in [1.165, 1.54) is 6.07 Å². The molecule has 0 N–H and O–H groups in total. The molecule has 2 aliphatic rings. The molecule has 0 radical (unpaired) electrons. The highest BCUT2D eigenvalue weighted by molar-refractivity contribution is 7.81. The zero-order chi connectivity index (χ0) is 30.7. The number of halogens is 3. The molecule has 0 spiro atoms. The second-order valence-corrected chi connectivity index (χ2v) is 11.1. The van der Waals surface area contributed by atoms with E-state index in [1.807, 2.05) is 24.3 Å². The normalized spacial score (nSPS) is 17.5. The van der Waals surface area contributed by atoms with Crippen LogP contribution in [0, 0.1) is 11.3 Å². The highest BCUT2D eigenvalue weighted by Gasteiger charge is 2.50. The van der Waals surface area contributed by atoms with Crippen molar-refractivity contribution in [2.24, 2.45) is 0 Å². The van der Waals surface area contributed by atoms with Crippen molar-refractivity contribution in [3.63, 3.8) is 0 Å². The Morgan fingerprint density at radius 2 is 1.64 bits per heavy atom. The van der Waals surface area contributed by atoms with Crippen molar-refractivity contribution in [2.45, 2.75) is 51.7 Å². The molecular formula is C30H34F3N5O3S. The average Bonchev–Trinajstić information content (AvgIpc) is 3.13. The van der Waals surface area contributed by atoms with Crippen molar-refractivity contribution in [3.05, 3.63) is 53.6 Å². The van der Waals surface area contributed by atoms with Crippen LogP contribution in [0.4, 0.5) is 30.2 Å². The number of hydrogen-bond donors (Lipinski definition) is 0. The van der Waals surface area contributed by atoms with E-state index in [1.54, 1.807) is 31.7 Å². The van der Waals surface area contributed by atoms with Gasteiger partial charge in [0.05, 0.1) is 29.5 Å². The first-order chi connectivity index (χ1) is 19.9. The van der Waals surface area contributed by atoms with Crippen molar-refractivity contribution in [2.75, 3.05) is 54.0 Å². The molecule has 4 rings (SSSR count). The number of esters is 1. The SMILES string of the molecule is CCOC(=O)CCCCN1CCN(c2ccc(N3C(=S)N(c4ccc(C#N)c(C(F)(F)F)c4)C(=O)C3(C)C)cc2)CC1. The zero-order valence-corrected chi connectivity index (χ0v) is 24.7. The molecule has 0 bridgehead atoms. The molecule has 2 aliphatic heterocycles. The molecule has 2 saturated heterocycles. The maximum Gasteiger partial charge on any atom is 0.417 e. The topological polar surface area (TPSA) is 80.1 Å². The van der Waals surface area contributed by atoms with E-state index >= 15 is 0 Å². The summed E-state index contributed by atoms with van der Waals surface area (Å²) in [5.41, 5.74) is -1.16. The molecular weight excluding hydrogens is 567 g/mol. The van der Waals surface area contributed by atoms with Crippen LogP contribution in [0.15, 0.2) is 42.5 Å². The fourth-order valence-electron chi connectivity index (χ4n) is 5.34. The highest BCUT2D eigenvalue weighted by atomic mass is 32.1. The molecule has 224 valence electrons. The number of anilines is 3. The lowest BCUT2D eigenvalue weighted by Gasteiger charge is -2.36. The van der Waals surface area contributed by atoms with Crippen molar-refractivity contribution in [3.8, 4) is 6.07 Å². The minimum atomic E-state index is -4.76. The molecule has 0 aromatic heterocycles. The maximum absolute atomic E-state index is 13.6. The minimum absolute atomic E-state index is 0.0396. The lowest BCUT2D eigenvalue weighted by atomic mass is 10.0. The number of hydrogen-bond acceptors (Lipinski definition) is 7. The van der Waals surface area contributed by atoms with E-state index < -0.39 is 28.7 Å². The van der Waals surface area contributed by atoms with Gasteiger partial charge in [-0.05, 0) is 94.8 Å². The summed E-state index contributed by atoms with van der Waals surface area (Å²) >= 11 is 5.63. The summed E-state index contributed by atoms with van der Waals surface area (Å²) < 4.78 is 45.8. The number of ether oxygens (including phenoxy) is 1. The monoisotopic (exact) mass is 601 g/mol. The predicted octanol–water partition coefficient (Wildman–Crippen LogP) is 5.35. The molecule has 42 heavy (non-hydrogen) atoms. The second-order valence-electron chi connectivity index (χ2n) is 10.8. The largest absolute Gasteiger partial charge is 0.466 e. The Balaban J connectivity index is 1.42. The first-order valence-corrected chi connectivity index (χ1v) is 14.3.